The molecule has 1 heterocycles. The van der Waals surface area contributed by atoms with E-state index in [1.807, 2.05) is 48.6 Å². The van der Waals surface area contributed by atoms with E-state index in [2.05, 4.69) is 4.98 Å². The number of aromatic nitrogens is 1. The van der Waals surface area contributed by atoms with Gasteiger partial charge in [-0.15, -0.1) is 0 Å². The van der Waals surface area contributed by atoms with Gasteiger partial charge in [0, 0.05) is 12.4 Å². The van der Waals surface area contributed by atoms with E-state index in [0.29, 0.717) is 64.2 Å². The second-order valence-electron chi connectivity index (χ2n) is 8.00. The summed E-state index contributed by atoms with van der Waals surface area (Å²) in [6.45, 7) is 5.36. The first kappa shape index (κ1) is 27.9. The molecule has 0 saturated heterocycles. The Labute approximate surface area is 217 Å². The van der Waals surface area contributed by atoms with Gasteiger partial charge in [0.1, 0.15) is 24.7 Å². The van der Waals surface area contributed by atoms with Crippen molar-refractivity contribution in [2.24, 2.45) is 0 Å². The van der Waals surface area contributed by atoms with Crippen molar-refractivity contribution in [2.45, 2.75) is 6.92 Å². The van der Waals surface area contributed by atoms with Crippen LogP contribution in [0.4, 0.5) is 0 Å². The van der Waals surface area contributed by atoms with Gasteiger partial charge < -0.3 is 28.8 Å². The van der Waals surface area contributed by atoms with Crippen LogP contribution < -0.4 is 9.47 Å². The third kappa shape index (κ3) is 10.8. The zero-order valence-corrected chi connectivity index (χ0v) is 21.0. The second kappa shape index (κ2) is 16.1. The van der Waals surface area contributed by atoms with Crippen molar-refractivity contribution in [3.8, 4) is 11.5 Å². The maximum absolute atomic E-state index is 11.0. The van der Waals surface area contributed by atoms with Crippen LogP contribution >= 0.6 is 0 Å². The number of pyridine rings is 1. The maximum atomic E-state index is 11.0. The van der Waals surface area contributed by atoms with Gasteiger partial charge >= 0.3 is 5.97 Å². The Balaban J connectivity index is 1.13. The minimum Gasteiger partial charge on any atom is -0.491 e. The lowest BCUT2D eigenvalue weighted by molar-refractivity contribution is 0.00499. The minimum atomic E-state index is -0.946. The highest BCUT2D eigenvalue weighted by Gasteiger charge is 2.07. The van der Waals surface area contributed by atoms with E-state index in [4.69, 9.17) is 28.8 Å². The lowest BCUT2D eigenvalue weighted by Gasteiger charge is -2.10. The molecule has 0 unspecified atom stereocenters. The van der Waals surface area contributed by atoms with Crippen LogP contribution in [0.1, 0.15) is 27.0 Å². The number of nitrogens with zero attached hydrogens (tertiary/aromatic N) is 1. The maximum Gasteiger partial charge on any atom is 0.335 e. The smallest absolute Gasteiger partial charge is 0.335 e. The van der Waals surface area contributed by atoms with Crippen molar-refractivity contribution in [1.82, 2.24) is 4.98 Å². The number of benzene rings is 2. The molecule has 0 aliphatic carbocycles. The van der Waals surface area contributed by atoms with Crippen molar-refractivity contribution in [3.05, 3.63) is 89.2 Å². The van der Waals surface area contributed by atoms with E-state index in [9.17, 15) is 4.79 Å². The molecule has 0 saturated carbocycles. The lowest BCUT2D eigenvalue weighted by Crippen LogP contribution is -2.14. The molecule has 1 aromatic heterocycles. The zero-order chi connectivity index (χ0) is 26.1. The predicted molar refractivity (Wildman–Crippen MR) is 141 cm³/mol. The molecule has 1 N–H and O–H groups in total. The summed E-state index contributed by atoms with van der Waals surface area (Å²) in [7, 11) is 0. The average Bonchev–Trinajstić information content (AvgIpc) is 2.91. The summed E-state index contributed by atoms with van der Waals surface area (Å²) in [5.74, 6) is 0.475. The van der Waals surface area contributed by atoms with Gasteiger partial charge in [-0.05, 0) is 66.1 Å². The number of aromatic carboxylic acids is 1. The first-order valence-corrected chi connectivity index (χ1v) is 12.1. The van der Waals surface area contributed by atoms with E-state index in [0.717, 1.165) is 16.9 Å². The summed E-state index contributed by atoms with van der Waals surface area (Å²) in [6.07, 6.45) is 7.64. The molecule has 0 aliphatic heterocycles. The Bertz CT molecular complexity index is 1100. The normalized spacial score (nSPS) is 11.1. The fourth-order valence-corrected chi connectivity index (χ4v) is 3.29. The fraction of sp³-hybridized carbons (Fsp3) is 0.310. The summed E-state index contributed by atoms with van der Waals surface area (Å²) < 4.78 is 27.8. The van der Waals surface area contributed by atoms with Crippen LogP contribution in [0.3, 0.4) is 0 Å². The minimum absolute atomic E-state index is 0.272. The van der Waals surface area contributed by atoms with Crippen LogP contribution in [0.15, 0.2) is 67.0 Å². The van der Waals surface area contributed by atoms with Gasteiger partial charge in [0.2, 0.25) is 0 Å². The molecule has 0 atom stereocenters. The standard InChI is InChI=1S/C29H33NO7/c1-23-22-27(8-9-28(23)29(31)32)37-21-19-35-17-15-33-14-16-34-18-20-36-26-6-4-24(5-7-26)2-3-25-10-12-30-13-11-25/h2-13,22H,14-21H2,1H3,(H,31,32)/b3-2+. The Morgan fingerprint density at radius 3 is 1.73 bits per heavy atom. The van der Waals surface area contributed by atoms with Crippen molar-refractivity contribution in [3.63, 3.8) is 0 Å². The van der Waals surface area contributed by atoms with Gasteiger partial charge in [0.05, 0.1) is 45.2 Å². The number of aryl methyl sites for hydroxylation is 1. The molecule has 196 valence electrons. The summed E-state index contributed by atoms with van der Waals surface area (Å²) in [4.78, 5) is 15.0. The number of rotatable bonds is 17. The monoisotopic (exact) mass is 507 g/mol. The zero-order valence-electron chi connectivity index (χ0n) is 21.0. The SMILES string of the molecule is Cc1cc(OCCOCCOCCOCCOc2ccc(/C=C/c3ccncc3)cc2)ccc1C(=O)O. The summed E-state index contributed by atoms with van der Waals surface area (Å²) in [5.41, 5.74) is 3.13. The summed E-state index contributed by atoms with van der Waals surface area (Å²) >= 11 is 0. The van der Waals surface area contributed by atoms with Gasteiger partial charge in [-0.3, -0.25) is 4.98 Å². The average molecular weight is 508 g/mol. The van der Waals surface area contributed by atoms with Crippen molar-refractivity contribution < 1.29 is 33.6 Å². The van der Waals surface area contributed by atoms with Crippen LogP contribution in [0.5, 0.6) is 11.5 Å². The summed E-state index contributed by atoms with van der Waals surface area (Å²) in [6, 6.07) is 16.7. The van der Waals surface area contributed by atoms with Crippen molar-refractivity contribution >= 4 is 18.1 Å². The van der Waals surface area contributed by atoms with E-state index in [-0.39, 0.29) is 5.56 Å². The molecule has 0 amide bonds. The fourth-order valence-electron chi connectivity index (χ4n) is 3.29. The van der Waals surface area contributed by atoms with Gasteiger partial charge in [-0.2, -0.15) is 0 Å². The lowest BCUT2D eigenvalue weighted by atomic mass is 10.1. The Morgan fingerprint density at radius 2 is 1.19 bits per heavy atom. The molecule has 3 rings (SSSR count). The summed E-state index contributed by atoms with van der Waals surface area (Å²) in [5, 5.41) is 9.05. The van der Waals surface area contributed by atoms with Gasteiger partial charge in [0.25, 0.3) is 0 Å². The van der Waals surface area contributed by atoms with Crippen molar-refractivity contribution in [2.75, 3.05) is 52.9 Å². The highest BCUT2D eigenvalue weighted by molar-refractivity contribution is 5.89. The molecule has 3 aromatic rings. The first-order valence-electron chi connectivity index (χ1n) is 12.1. The molecule has 8 nitrogen and oxygen atoms in total. The van der Waals surface area contributed by atoms with E-state index < -0.39 is 5.97 Å². The highest BCUT2D eigenvalue weighted by Crippen LogP contribution is 2.17. The van der Waals surface area contributed by atoms with Gasteiger partial charge in [-0.1, -0.05) is 24.3 Å². The largest absolute Gasteiger partial charge is 0.491 e. The molecule has 0 aliphatic rings. The molecule has 0 spiro atoms. The van der Waals surface area contributed by atoms with Gasteiger partial charge in [0.15, 0.2) is 0 Å². The highest BCUT2D eigenvalue weighted by atomic mass is 16.6. The van der Waals surface area contributed by atoms with Crippen molar-refractivity contribution in [1.29, 1.82) is 0 Å². The topological polar surface area (TPSA) is 96.3 Å². The van der Waals surface area contributed by atoms with E-state index in [1.165, 1.54) is 6.07 Å². The Kier molecular flexibility index (Phi) is 12.1. The van der Waals surface area contributed by atoms with E-state index in [1.54, 1.807) is 31.5 Å². The number of hydrogen-bond acceptors (Lipinski definition) is 7. The third-order valence-corrected chi connectivity index (χ3v) is 5.22. The van der Waals surface area contributed by atoms with Crippen LogP contribution in [-0.2, 0) is 14.2 Å². The number of carboxylic acids is 1. The number of hydrogen-bond donors (Lipinski definition) is 1. The Hall–Kier alpha value is -3.72. The van der Waals surface area contributed by atoms with E-state index >= 15 is 0 Å². The molecule has 2 aromatic carbocycles. The molecule has 0 bridgehead atoms. The molecule has 8 heteroatoms. The predicted octanol–water partition coefficient (Wildman–Crippen LogP) is 4.77. The molecule has 0 radical (unpaired) electrons. The number of carbonyl (C=O) groups is 1. The third-order valence-electron chi connectivity index (χ3n) is 5.22. The Morgan fingerprint density at radius 1 is 0.703 bits per heavy atom. The van der Waals surface area contributed by atoms with Crippen LogP contribution in [0, 0.1) is 6.92 Å². The molecular formula is C29H33NO7. The molecular weight excluding hydrogens is 474 g/mol. The molecule has 37 heavy (non-hydrogen) atoms. The van der Waals surface area contributed by atoms with Crippen LogP contribution in [0.25, 0.3) is 12.2 Å². The quantitative estimate of drug-likeness (QED) is 0.261. The second-order valence-corrected chi connectivity index (χ2v) is 8.00. The van der Waals surface area contributed by atoms with Crippen LogP contribution in [-0.4, -0.2) is 68.9 Å². The number of ether oxygens (including phenoxy) is 5. The van der Waals surface area contributed by atoms with Crippen LogP contribution in [0.2, 0.25) is 0 Å². The first-order chi connectivity index (χ1) is 18.1. The van der Waals surface area contributed by atoms with Gasteiger partial charge in [-0.25, -0.2) is 4.79 Å². The molecule has 0 fully saturated rings. The number of carboxylic acid groups (broad SMARTS) is 1.